The molecule has 0 aliphatic heterocycles. The van der Waals surface area contributed by atoms with Gasteiger partial charge in [0, 0.05) is 6.07 Å². The van der Waals surface area contributed by atoms with Crippen molar-refractivity contribution in [1.29, 1.82) is 0 Å². The van der Waals surface area contributed by atoms with Gasteiger partial charge in [0.25, 0.3) is 0 Å². The van der Waals surface area contributed by atoms with Crippen LogP contribution in [0.5, 0.6) is 5.75 Å². The molecule has 3 rings (SSSR count). The maximum absolute atomic E-state index is 13.3. The molecule has 1 heterocycles. The zero-order valence-electron chi connectivity index (χ0n) is 12.7. The van der Waals surface area contributed by atoms with Gasteiger partial charge in [0.1, 0.15) is 5.75 Å². The van der Waals surface area contributed by atoms with Crippen LogP contribution in [0.2, 0.25) is 0 Å². The monoisotopic (exact) mass is 304 g/mol. The van der Waals surface area contributed by atoms with E-state index >= 15 is 0 Å². The molecule has 0 amide bonds. The number of aromatic amines is 2. The molecule has 2 N–H and O–H groups in total. The number of rotatable bonds is 4. The molecule has 22 heavy (non-hydrogen) atoms. The summed E-state index contributed by atoms with van der Waals surface area (Å²) in [6.07, 6.45) is 5.04. The fourth-order valence-corrected chi connectivity index (χ4v) is 3.01. The van der Waals surface area contributed by atoms with Gasteiger partial charge >= 0.3 is 5.69 Å². The van der Waals surface area contributed by atoms with Crippen LogP contribution in [-0.2, 0) is 0 Å². The van der Waals surface area contributed by atoms with Crippen molar-refractivity contribution in [2.24, 2.45) is 11.8 Å². The first-order valence-corrected chi connectivity index (χ1v) is 7.81. The molecule has 0 saturated carbocycles. The Labute approximate surface area is 128 Å². The van der Waals surface area contributed by atoms with Gasteiger partial charge < -0.3 is 14.7 Å². The second kappa shape index (κ2) is 6.38. The first-order valence-electron chi connectivity index (χ1n) is 7.81. The van der Waals surface area contributed by atoms with E-state index in [-0.39, 0.29) is 11.5 Å². The number of hydrogen-bond donors (Lipinski definition) is 2. The number of hydrogen-bond acceptors (Lipinski definition) is 2. The molecule has 2 aromatic rings. The third-order valence-corrected chi connectivity index (χ3v) is 4.44. The average Bonchev–Trinajstić information content (AvgIpc) is 2.72. The zero-order chi connectivity index (χ0) is 15.5. The summed E-state index contributed by atoms with van der Waals surface area (Å²) in [6, 6.07) is 5.51. The predicted octanol–water partition coefficient (Wildman–Crippen LogP) is 3.91. The minimum Gasteiger partial charge on any atom is -0.493 e. The Hall–Kier alpha value is -2.04. The third-order valence-electron chi connectivity index (χ3n) is 4.44. The van der Waals surface area contributed by atoms with E-state index in [4.69, 9.17) is 4.74 Å². The highest BCUT2D eigenvalue weighted by Crippen LogP contribution is 2.29. The Morgan fingerprint density at radius 1 is 1.36 bits per heavy atom. The van der Waals surface area contributed by atoms with E-state index in [1.54, 1.807) is 6.08 Å². The Kier molecular flexibility index (Phi) is 4.32. The third kappa shape index (κ3) is 3.40. The van der Waals surface area contributed by atoms with E-state index in [0.717, 1.165) is 36.0 Å². The Bertz CT molecular complexity index is 732. The van der Waals surface area contributed by atoms with Crippen LogP contribution in [0.15, 0.2) is 34.9 Å². The number of fused-ring (bicyclic) bond motifs is 1. The molecular formula is C17H21FN2O2. The van der Waals surface area contributed by atoms with Crippen LogP contribution in [0.25, 0.3) is 11.0 Å². The van der Waals surface area contributed by atoms with Crippen molar-refractivity contribution in [2.75, 3.05) is 6.61 Å². The van der Waals surface area contributed by atoms with Gasteiger partial charge in [-0.05, 0) is 49.7 Å². The minimum absolute atomic E-state index is 0.0254. The van der Waals surface area contributed by atoms with Gasteiger partial charge in [-0.15, -0.1) is 0 Å². The van der Waals surface area contributed by atoms with Crippen LogP contribution in [0.3, 0.4) is 0 Å². The Morgan fingerprint density at radius 2 is 2.18 bits per heavy atom. The summed E-state index contributed by atoms with van der Waals surface area (Å²) in [7, 11) is 0. The molecule has 118 valence electrons. The van der Waals surface area contributed by atoms with Crippen LogP contribution < -0.4 is 10.4 Å². The van der Waals surface area contributed by atoms with E-state index < -0.39 is 0 Å². The molecule has 1 aromatic carbocycles. The fourth-order valence-electron chi connectivity index (χ4n) is 3.01. The molecule has 4 nitrogen and oxygen atoms in total. The van der Waals surface area contributed by atoms with E-state index in [1.165, 1.54) is 0 Å². The van der Waals surface area contributed by atoms with Gasteiger partial charge in [-0.1, -0.05) is 13.0 Å². The van der Waals surface area contributed by atoms with E-state index in [1.807, 2.05) is 18.2 Å². The summed E-state index contributed by atoms with van der Waals surface area (Å²) in [5.74, 6) is 1.59. The molecule has 0 bridgehead atoms. The van der Waals surface area contributed by atoms with Gasteiger partial charge in [0.2, 0.25) is 0 Å². The lowest BCUT2D eigenvalue weighted by atomic mass is 9.88. The molecular weight excluding hydrogens is 283 g/mol. The lowest BCUT2D eigenvalue weighted by Crippen LogP contribution is -2.18. The highest BCUT2D eigenvalue weighted by atomic mass is 19.1. The zero-order valence-corrected chi connectivity index (χ0v) is 12.7. The lowest BCUT2D eigenvalue weighted by Gasteiger charge is -2.22. The van der Waals surface area contributed by atoms with Gasteiger partial charge in [-0.3, -0.25) is 0 Å². The molecule has 0 fully saturated rings. The maximum Gasteiger partial charge on any atom is 0.323 e. The van der Waals surface area contributed by atoms with Gasteiger partial charge in [0.05, 0.1) is 23.5 Å². The number of aromatic nitrogens is 2. The Balaban J connectivity index is 1.61. The minimum atomic E-state index is -0.215. The van der Waals surface area contributed by atoms with Gasteiger partial charge in [-0.2, -0.15) is 0 Å². The molecule has 0 saturated heterocycles. The number of H-pyrrole nitrogens is 2. The summed E-state index contributed by atoms with van der Waals surface area (Å²) >= 11 is 0. The first-order chi connectivity index (χ1) is 10.6. The molecule has 0 radical (unpaired) electrons. The molecule has 1 aliphatic carbocycles. The second-order valence-corrected chi connectivity index (χ2v) is 6.11. The average molecular weight is 304 g/mol. The topological polar surface area (TPSA) is 57.9 Å². The van der Waals surface area contributed by atoms with E-state index in [0.29, 0.717) is 24.9 Å². The van der Waals surface area contributed by atoms with Crippen molar-refractivity contribution in [1.82, 2.24) is 9.97 Å². The lowest BCUT2D eigenvalue weighted by molar-refractivity contribution is 0.201. The van der Waals surface area contributed by atoms with E-state index in [9.17, 15) is 9.18 Å². The molecule has 0 spiro atoms. The summed E-state index contributed by atoms with van der Waals surface area (Å²) in [5.41, 5.74) is 1.30. The highest BCUT2D eigenvalue weighted by Gasteiger charge is 2.19. The summed E-state index contributed by atoms with van der Waals surface area (Å²) in [5, 5.41) is 0. The van der Waals surface area contributed by atoms with Gasteiger partial charge in [0.15, 0.2) is 0 Å². The molecule has 2 unspecified atom stereocenters. The van der Waals surface area contributed by atoms with Crippen LogP contribution >= 0.6 is 0 Å². The molecule has 1 aliphatic rings. The normalized spacial score (nSPS) is 20.5. The fraction of sp³-hybridized carbons (Fsp3) is 0.471. The SMILES string of the molecule is CC(COc1ccc2[nH]c(=O)[nH]c2c1)C1CC=C(F)CCC1. The molecule has 5 heteroatoms. The van der Waals surface area contributed by atoms with E-state index in [2.05, 4.69) is 16.9 Å². The van der Waals surface area contributed by atoms with Crippen molar-refractivity contribution in [3.05, 3.63) is 40.6 Å². The summed E-state index contributed by atoms with van der Waals surface area (Å²) in [6.45, 7) is 2.75. The predicted molar refractivity (Wildman–Crippen MR) is 84.7 cm³/mol. The van der Waals surface area contributed by atoms with Crippen molar-refractivity contribution in [3.8, 4) is 5.75 Å². The maximum atomic E-state index is 13.3. The van der Waals surface area contributed by atoms with Crippen LogP contribution in [0.4, 0.5) is 4.39 Å². The first kappa shape index (κ1) is 14.9. The largest absolute Gasteiger partial charge is 0.493 e. The van der Waals surface area contributed by atoms with Crippen molar-refractivity contribution in [2.45, 2.75) is 32.6 Å². The second-order valence-electron chi connectivity index (χ2n) is 6.11. The van der Waals surface area contributed by atoms with Crippen molar-refractivity contribution >= 4 is 11.0 Å². The highest BCUT2D eigenvalue weighted by molar-refractivity contribution is 5.75. The van der Waals surface area contributed by atoms with Crippen molar-refractivity contribution < 1.29 is 9.13 Å². The number of imidazole rings is 1. The Morgan fingerprint density at radius 3 is 3.05 bits per heavy atom. The molecule has 1 aromatic heterocycles. The number of ether oxygens (including phenoxy) is 1. The summed E-state index contributed by atoms with van der Waals surface area (Å²) < 4.78 is 19.1. The van der Waals surface area contributed by atoms with Crippen LogP contribution in [0, 0.1) is 11.8 Å². The van der Waals surface area contributed by atoms with Crippen LogP contribution in [-0.4, -0.2) is 16.6 Å². The quantitative estimate of drug-likeness (QED) is 0.899. The number of benzene rings is 1. The van der Waals surface area contributed by atoms with Crippen molar-refractivity contribution in [3.63, 3.8) is 0 Å². The van der Waals surface area contributed by atoms with Gasteiger partial charge in [-0.25, -0.2) is 9.18 Å². The number of nitrogens with one attached hydrogen (secondary N) is 2. The smallest absolute Gasteiger partial charge is 0.323 e. The standard InChI is InChI=1S/C17H21FN2O2/c1-11(12-3-2-4-13(18)6-5-12)10-22-14-7-8-15-16(9-14)20-17(21)19-15/h6-9,11-12H,2-5,10H2,1H3,(H2,19,20,21). The number of halogens is 1. The number of allylic oxidation sites excluding steroid dienone is 2. The van der Waals surface area contributed by atoms with Crippen LogP contribution in [0.1, 0.15) is 32.6 Å². The summed E-state index contributed by atoms with van der Waals surface area (Å²) in [4.78, 5) is 16.7. The molecule has 2 atom stereocenters.